The van der Waals surface area contributed by atoms with Gasteiger partial charge in [-0.2, -0.15) is 0 Å². The number of carbonyl (C=O) groups excluding carboxylic acids is 2. The summed E-state index contributed by atoms with van der Waals surface area (Å²) < 4.78 is 5.36. The summed E-state index contributed by atoms with van der Waals surface area (Å²) in [7, 11) is 0. The Bertz CT molecular complexity index is 1060. The van der Waals surface area contributed by atoms with Crippen molar-refractivity contribution in [2.24, 2.45) is 0 Å². The van der Waals surface area contributed by atoms with Crippen LogP contribution in [0.3, 0.4) is 0 Å². The zero-order chi connectivity index (χ0) is 23.4. The van der Waals surface area contributed by atoms with Crippen LogP contribution in [0.5, 0.6) is 0 Å². The van der Waals surface area contributed by atoms with Crippen molar-refractivity contribution in [1.29, 1.82) is 0 Å². The van der Waals surface area contributed by atoms with Gasteiger partial charge in [-0.1, -0.05) is 0 Å². The fourth-order valence-electron chi connectivity index (χ4n) is 4.19. The van der Waals surface area contributed by atoms with Crippen LogP contribution < -0.4 is 0 Å². The minimum atomic E-state index is -0.844. The summed E-state index contributed by atoms with van der Waals surface area (Å²) >= 11 is 0. The molecule has 1 N–H and O–H groups in total. The highest BCUT2D eigenvalue weighted by atomic mass is 16.6. The Kier molecular flexibility index (Phi) is 6.76. The van der Waals surface area contributed by atoms with Gasteiger partial charge in [-0.05, 0) is 36.2 Å². The number of nitrogens with zero attached hydrogens (tertiary/aromatic N) is 4. The quantitative estimate of drug-likeness (QED) is 0.223. The van der Waals surface area contributed by atoms with Crippen molar-refractivity contribution >= 4 is 23.1 Å². The lowest BCUT2D eigenvalue weighted by Crippen LogP contribution is -2.38. The monoisotopic (exact) mass is 452 g/mol. The number of benzene rings is 1. The number of aliphatic hydroxyl groups excluding tert-OH is 1. The molecule has 2 saturated heterocycles. The summed E-state index contributed by atoms with van der Waals surface area (Å²) in [5, 5.41) is 22.0. The third-order valence-electron chi connectivity index (χ3n) is 5.89. The number of aliphatic hydroxyl groups is 1. The average Bonchev–Trinajstić information content (AvgIpc) is 3.10. The van der Waals surface area contributed by atoms with Crippen LogP contribution >= 0.6 is 0 Å². The number of pyridine rings is 1. The first-order chi connectivity index (χ1) is 16.0. The molecule has 10 nitrogen and oxygen atoms in total. The van der Waals surface area contributed by atoms with E-state index in [4.69, 9.17) is 4.74 Å². The zero-order valence-electron chi connectivity index (χ0n) is 17.9. The number of likely N-dealkylation sites (tertiary alicyclic amines) is 1. The molecule has 1 amide bonds. The first kappa shape index (κ1) is 22.6. The molecular formula is C23H24N4O6. The fraction of sp³-hybridized carbons (Fsp3) is 0.348. The molecule has 2 fully saturated rings. The maximum Gasteiger partial charge on any atom is 0.295 e. The lowest BCUT2D eigenvalue weighted by atomic mass is 9.95. The van der Waals surface area contributed by atoms with Gasteiger partial charge < -0.3 is 14.7 Å². The third-order valence-corrected chi connectivity index (χ3v) is 5.89. The second-order valence-electron chi connectivity index (χ2n) is 7.88. The van der Waals surface area contributed by atoms with Gasteiger partial charge in [0.25, 0.3) is 17.4 Å². The number of hydrogen-bond acceptors (Lipinski definition) is 8. The number of rotatable bonds is 7. The Labute approximate surface area is 190 Å². The number of carbonyl (C=O) groups is 2. The summed E-state index contributed by atoms with van der Waals surface area (Å²) in [5.74, 6) is -1.77. The van der Waals surface area contributed by atoms with Crippen LogP contribution in [-0.2, 0) is 14.3 Å². The van der Waals surface area contributed by atoms with Gasteiger partial charge in [0.15, 0.2) is 0 Å². The van der Waals surface area contributed by atoms with Crippen LogP contribution in [0.2, 0.25) is 0 Å². The predicted octanol–water partition coefficient (Wildman–Crippen LogP) is 2.13. The molecule has 0 bridgehead atoms. The van der Waals surface area contributed by atoms with Gasteiger partial charge in [0.1, 0.15) is 5.76 Å². The maximum absolute atomic E-state index is 13.0. The Morgan fingerprint density at radius 2 is 1.76 bits per heavy atom. The zero-order valence-corrected chi connectivity index (χ0v) is 17.9. The first-order valence-corrected chi connectivity index (χ1v) is 10.7. The van der Waals surface area contributed by atoms with Gasteiger partial charge in [-0.15, -0.1) is 0 Å². The summed E-state index contributed by atoms with van der Waals surface area (Å²) in [4.78, 5) is 44.1. The van der Waals surface area contributed by atoms with E-state index in [1.807, 2.05) is 0 Å². The average molecular weight is 452 g/mol. The molecule has 1 atom stereocenters. The molecule has 0 spiro atoms. The molecule has 1 aromatic heterocycles. The number of morpholine rings is 1. The number of amides is 1. The lowest BCUT2D eigenvalue weighted by molar-refractivity contribution is -0.384. The van der Waals surface area contributed by atoms with Gasteiger partial charge in [0.05, 0.1) is 29.8 Å². The van der Waals surface area contributed by atoms with Crippen LogP contribution in [0, 0.1) is 10.1 Å². The molecule has 33 heavy (non-hydrogen) atoms. The van der Waals surface area contributed by atoms with Crippen molar-refractivity contribution in [2.45, 2.75) is 12.5 Å². The number of Topliss-reactive ketones (excluding diaryl/α,β-unsaturated/α-hetero) is 1. The fourth-order valence-corrected chi connectivity index (χ4v) is 4.19. The van der Waals surface area contributed by atoms with E-state index in [0.717, 1.165) is 19.6 Å². The summed E-state index contributed by atoms with van der Waals surface area (Å²) in [5.41, 5.74) is 0.744. The second-order valence-corrected chi connectivity index (χ2v) is 7.88. The second kappa shape index (κ2) is 9.88. The van der Waals surface area contributed by atoms with Crippen molar-refractivity contribution in [3.05, 3.63) is 75.6 Å². The van der Waals surface area contributed by atoms with E-state index in [2.05, 4.69) is 9.88 Å². The molecule has 0 saturated carbocycles. The van der Waals surface area contributed by atoms with Crippen LogP contribution in [0.4, 0.5) is 5.69 Å². The number of nitro groups is 1. The van der Waals surface area contributed by atoms with Crippen LogP contribution in [0.15, 0.2) is 54.4 Å². The van der Waals surface area contributed by atoms with Gasteiger partial charge in [-0.3, -0.25) is 29.6 Å². The van der Waals surface area contributed by atoms with E-state index in [1.54, 1.807) is 12.1 Å². The Hall–Kier alpha value is -3.63. The molecule has 172 valence electrons. The number of hydrogen-bond donors (Lipinski definition) is 1. The molecular weight excluding hydrogens is 428 g/mol. The molecule has 10 heteroatoms. The van der Waals surface area contributed by atoms with Gasteiger partial charge >= 0.3 is 0 Å². The maximum atomic E-state index is 13.0. The molecule has 4 rings (SSSR count). The Balaban J connectivity index is 1.67. The van der Waals surface area contributed by atoms with Gasteiger partial charge in [-0.25, -0.2) is 0 Å². The summed E-state index contributed by atoms with van der Waals surface area (Å²) in [6.45, 7) is 4.00. The van der Waals surface area contributed by atoms with E-state index in [1.165, 1.54) is 41.6 Å². The normalized spacial score (nSPS) is 20.8. The SMILES string of the molecule is O=C1C(=O)N(CCCN2CCOCC2)[C@@H](c2ccc([N+](=O)[O-])cc2)/C1=C(\O)c1ccncc1. The lowest BCUT2D eigenvalue weighted by Gasteiger charge is -2.29. The number of nitro benzene ring substituents is 1. The molecule has 0 radical (unpaired) electrons. The summed E-state index contributed by atoms with van der Waals surface area (Å²) in [6.07, 6.45) is 3.59. The number of ether oxygens (including phenoxy) is 1. The van der Waals surface area contributed by atoms with Gasteiger partial charge in [0, 0.05) is 56.3 Å². The Morgan fingerprint density at radius 3 is 2.39 bits per heavy atom. The molecule has 2 aliphatic rings. The minimum absolute atomic E-state index is 0.0357. The van der Waals surface area contributed by atoms with Crippen LogP contribution in [0.1, 0.15) is 23.6 Å². The minimum Gasteiger partial charge on any atom is -0.507 e. The number of ketones is 1. The highest BCUT2D eigenvalue weighted by Crippen LogP contribution is 2.39. The molecule has 0 unspecified atom stereocenters. The topological polar surface area (TPSA) is 126 Å². The van der Waals surface area contributed by atoms with E-state index in [0.29, 0.717) is 37.3 Å². The smallest absolute Gasteiger partial charge is 0.295 e. The van der Waals surface area contributed by atoms with E-state index >= 15 is 0 Å². The number of non-ortho nitro benzene ring substituents is 1. The van der Waals surface area contributed by atoms with Crippen molar-refractivity contribution in [2.75, 3.05) is 39.4 Å². The highest BCUT2D eigenvalue weighted by Gasteiger charge is 2.45. The van der Waals surface area contributed by atoms with Crippen LogP contribution in [-0.4, -0.2) is 75.9 Å². The number of aromatic nitrogens is 1. The molecule has 0 aliphatic carbocycles. The van der Waals surface area contributed by atoms with Gasteiger partial charge in [0.2, 0.25) is 0 Å². The molecule has 2 aromatic rings. The third kappa shape index (κ3) is 4.76. The van der Waals surface area contributed by atoms with E-state index in [-0.39, 0.29) is 17.0 Å². The molecule has 3 heterocycles. The summed E-state index contributed by atoms with van der Waals surface area (Å²) in [6, 6.07) is 7.95. The van der Waals surface area contributed by atoms with Crippen molar-refractivity contribution in [1.82, 2.24) is 14.8 Å². The molecule has 1 aromatic carbocycles. The Morgan fingerprint density at radius 1 is 1.09 bits per heavy atom. The van der Waals surface area contributed by atoms with Crippen LogP contribution in [0.25, 0.3) is 5.76 Å². The largest absolute Gasteiger partial charge is 0.507 e. The van der Waals surface area contributed by atoms with Crippen molar-refractivity contribution < 1.29 is 24.4 Å². The van der Waals surface area contributed by atoms with E-state index < -0.39 is 22.7 Å². The van der Waals surface area contributed by atoms with E-state index in [9.17, 15) is 24.8 Å². The molecule has 2 aliphatic heterocycles. The van der Waals surface area contributed by atoms with Crippen molar-refractivity contribution in [3.63, 3.8) is 0 Å². The first-order valence-electron chi connectivity index (χ1n) is 10.7. The predicted molar refractivity (Wildman–Crippen MR) is 118 cm³/mol. The standard InChI is InChI=1S/C23H24N4O6/c28-21(17-6-8-24-9-7-17)19-20(16-2-4-18(5-3-16)27(31)32)26(23(30)22(19)29)11-1-10-25-12-14-33-15-13-25/h2-9,20,28H,1,10-15H2/b21-19+/t20-/m0/s1. The van der Waals surface area contributed by atoms with Crippen molar-refractivity contribution in [3.8, 4) is 0 Å². The highest BCUT2D eigenvalue weighted by molar-refractivity contribution is 6.46.